The van der Waals surface area contributed by atoms with Crippen LogP contribution in [0.5, 0.6) is 5.75 Å². The highest BCUT2D eigenvalue weighted by atomic mass is 32.2. The van der Waals surface area contributed by atoms with E-state index in [1.54, 1.807) is 74.3 Å². The summed E-state index contributed by atoms with van der Waals surface area (Å²) in [5.41, 5.74) is 2.40. The SMILES string of the molecule is Cc1ccc(S(=O)(=O)N(C)C[C@H]2Oc3c(NC(=O)c4cc(C)nn4C)cccc3C(=O)N([C@@H](C)CO)C[C@@H]2C)cc1. The largest absolute Gasteiger partial charge is 0.486 e. The van der Waals surface area contributed by atoms with Crippen LogP contribution < -0.4 is 10.1 Å². The molecule has 2 aromatic carbocycles. The first-order valence-corrected chi connectivity index (χ1v) is 14.8. The second-order valence-corrected chi connectivity index (χ2v) is 12.7. The fourth-order valence-electron chi connectivity index (χ4n) is 4.81. The quantitative estimate of drug-likeness (QED) is 0.417. The molecule has 1 aromatic heterocycles. The molecule has 0 bridgehead atoms. The first-order valence-electron chi connectivity index (χ1n) is 13.4. The number of aliphatic hydroxyl groups excluding tert-OH is 1. The van der Waals surface area contributed by atoms with E-state index in [1.807, 2.05) is 13.8 Å². The summed E-state index contributed by atoms with van der Waals surface area (Å²) in [6, 6.07) is 12.6. The second kappa shape index (κ2) is 12.0. The average molecular weight is 584 g/mol. The highest BCUT2D eigenvalue weighted by Gasteiger charge is 2.36. The number of likely N-dealkylation sites (N-methyl/N-ethyl adjacent to an activating group) is 1. The topological polar surface area (TPSA) is 134 Å². The number of hydrogen-bond acceptors (Lipinski definition) is 7. The van der Waals surface area contributed by atoms with Crippen LogP contribution in [0.15, 0.2) is 53.4 Å². The Morgan fingerprint density at radius 3 is 2.51 bits per heavy atom. The van der Waals surface area contributed by atoms with Gasteiger partial charge in [0, 0.05) is 26.6 Å². The molecular weight excluding hydrogens is 546 g/mol. The fraction of sp³-hybridized carbons (Fsp3) is 0.414. The molecule has 1 aliphatic heterocycles. The summed E-state index contributed by atoms with van der Waals surface area (Å²) in [5.74, 6) is -0.998. The van der Waals surface area contributed by atoms with Crippen LogP contribution >= 0.6 is 0 Å². The van der Waals surface area contributed by atoms with Crippen LogP contribution in [0, 0.1) is 19.8 Å². The molecule has 3 atom stereocenters. The van der Waals surface area contributed by atoms with Gasteiger partial charge < -0.3 is 20.1 Å². The second-order valence-electron chi connectivity index (χ2n) is 10.7. The zero-order chi connectivity index (χ0) is 30.1. The van der Waals surface area contributed by atoms with Crippen molar-refractivity contribution in [1.29, 1.82) is 0 Å². The number of aryl methyl sites for hydroxylation is 3. The molecule has 1 aliphatic rings. The van der Waals surface area contributed by atoms with Gasteiger partial charge in [-0.25, -0.2) is 8.42 Å². The van der Waals surface area contributed by atoms with Gasteiger partial charge >= 0.3 is 0 Å². The number of carbonyl (C=O) groups excluding carboxylic acids is 2. The van der Waals surface area contributed by atoms with E-state index in [-0.39, 0.29) is 53.4 Å². The Balaban J connectivity index is 1.73. The molecule has 2 heterocycles. The van der Waals surface area contributed by atoms with Crippen molar-refractivity contribution in [1.82, 2.24) is 19.0 Å². The number of ether oxygens (including phenoxy) is 1. The van der Waals surface area contributed by atoms with Crippen molar-refractivity contribution in [3.05, 3.63) is 71.0 Å². The van der Waals surface area contributed by atoms with Gasteiger partial charge in [0.25, 0.3) is 11.8 Å². The highest BCUT2D eigenvalue weighted by Crippen LogP contribution is 2.35. The maximum Gasteiger partial charge on any atom is 0.274 e. The van der Waals surface area contributed by atoms with Crippen molar-refractivity contribution in [2.24, 2.45) is 13.0 Å². The van der Waals surface area contributed by atoms with Crippen LogP contribution in [0.1, 0.15) is 46.0 Å². The number of anilines is 1. The molecule has 0 saturated heterocycles. The number of rotatable bonds is 8. The van der Waals surface area contributed by atoms with Gasteiger partial charge in [0.2, 0.25) is 10.0 Å². The number of sulfonamides is 1. The number of aromatic nitrogens is 2. The molecule has 2 amide bonds. The number of fused-ring (bicyclic) bond motifs is 1. The molecular formula is C29H37N5O6S. The van der Waals surface area contributed by atoms with Crippen molar-refractivity contribution in [2.75, 3.05) is 32.1 Å². The molecule has 0 spiro atoms. The average Bonchev–Trinajstić information content (AvgIpc) is 3.28. The van der Waals surface area contributed by atoms with Gasteiger partial charge in [-0.05, 0) is 51.1 Å². The summed E-state index contributed by atoms with van der Waals surface area (Å²) in [4.78, 5) is 28.6. The van der Waals surface area contributed by atoms with Gasteiger partial charge in [-0.3, -0.25) is 14.3 Å². The molecule has 0 fully saturated rings. The predicted octanol–water partition coefficient (Wildman–Crippen LogP) is 2.83. The van der Waals surface area contributed by atoms with Crippen LogP contribution in [-0.2, 0) is 17.1 Å². The zero-order valence-electron chi connectivity index (χ0n) is 24.2. The van der Waals surface area contributed by atoms with Crippen molar-refractivity contribution < 1.29 is 27.9 Å². The van der Waals surface area contributed by atoms with Gasteiger partial charge in [0.15, 0.2) is 5.75 Å². The molecule has 12 heteroatoms. The molecule has 0 saturated carbocycles. The smallest absolute Gasteiger partial charge is 0.274 e. The summed E-state index contributed by atoms with van der Waals surface area (Å²) >= 11 is 0. The Bertz CT molecular complexity index is 1540. The van der Waals surface area contributed by atoms with Crippen LogP contribution in [-0.4, -0.2) is 83.2 Å². The maximum absolute atomic E-state index is 13.7. The molecule has 0 aliphatic carbocycles. The highest BCUT2D eigenvalue weighted by molar-refractivity contribution is 7.89. The van der Waals surface area contributed by atoms with Crippen LogP contribution in [0.4, 0.5) is 5.69 Å². The molecule has 2 N–H and O–H groups in total. The molecule has 3 aromatic rings. The predicted molar refractivity (Wildman–Crippen MR) is 154 cm³/mol. The number of amides is 2. The number of benzene rings is 2. The number of hydrogen-bond donors (Lipinski definition) is 2. The minimum absolute atomic E-state index is 0.0183. The Morgan fingerprint density at radius 2 is 1.90 bits per heavy atom. The third kappa shape index (κ3) is 6.29. The maximum atomic E-state index is 13.7. The van der Waals surface area contributed by atoms with E-state index in [0.29, 0.717) is 11.4 Å². The normalized spacial score (nSPS) is 18.3. The van der Waals surface area contributed by atoms with E-state index in [9.17, 15) is 23.1 Å². The van der Waals surface area contributed by atoms with Gasteiger partial charge in [-0.15, -0.1) is 0 Å². The van der Waals surface area contributed by atoms with Crippen LogP contribution in [0.3, 0.4) is 0 Å². The van der Waals surface area contributed by atoms with E-state index >= 15 is 0 Å². The zero-order valence-corrected chi connectivity index (χ0v) is 25.0. The van der Waals surface area contributed by atoms with E-state index < -0.39 is 28.1 Å². The molecule has 11 nitrogen and oxygen atoms in total. The number of carbonyl (C=O) groups is 2. The summed E-state index contributed by atoms with van der Waals surface area (Å²) in [7, 11) is -0.687. The summed E-state index contributed by atoms with van der Waals surface area (Å²) in [5, 5.41) is 17.0. The minimum atomic E-state index is -3.84. The number of aliphatic hydroxyl groups is 1. The van der Waals surface area contributed by atoms with E-state index in [1.165, 1.54) is 16.0 Å². The third-order valence-electron chi connectivity index (χ3n) is 7.34. The lowest BCUT2D eigenvalue weighted by atomic mass is 9.99. The Kier molecular flexibility index (Phi) is 8.86. The van der Waals surface area contributed by atoms with Crippen molar-refractivity contribution in [2.45, 2.75) is 44.7 Å². The van der Waals surface area contributed by atoms with E-state index in [0.717, 1.165) is 5.56 Å². The fourth-order valence-corrected chi connectivity index (χ4v) is 5.99. The lowest BCUT2D eigenvalue weighted by molar-refractivity contribution is 0.0388. The molecule has 4 rings (SSSR count). The molecule has 220 valence electrons. The van der Waals surface area contributed by atoms with Crippen molar-refractivity contribution in [3.63, 3.8) is 0 Å². The van der Waals surface area contributed by atoms with Gasteiger partial charge in [0.1, 0.15) is 11.8 Å². The first kappa shape index (κ1) is 30.2. The van der Waals surface area contributed by atoms with Gasteiger partial charge in [0.05, 0.1) is 41.0 Å². The standard InChI is InChI=1S/C29H37N5O6S/c1-18-10-12-22(13-11-18)41(38,39)32(5)16-26-19(2)15-34(21(4)17-35)29(37)23-8-7-9-24(27(23)40-26)30-28(36)25-14-20(3)31-33(25)6/h7-14,19,21,26,35H,15-17H2,1-6H3,(H,30,36)/t19-,21-,26+/m0/s1. The number of nitrogens with one attached hydrogen (secondary N) is 1. The van der Waals surface area contributed by atoms with E-state index in [2.05, 4.69) is 10.4 Å². The monoisotopic (exact) mass is 583 g/mol. The number of nitrogens with zero attached hydrogens (tertiary/aromatic N) is 4. The molecule has 0 radical (unpaired) electrons. The van der Waals surface area contributed by atoms with Crippen molar-refractivity contribution >= 4 is 27.5 Å². The summed E-state index contributed by atoms with van der Waals surface area (Å²) in [6.07, 6.45) is -0.697. The minimum Gasteiger partial charge on any atom is -0.486 e. The molecule has 0 unspecified atom stereocenters. The Morgan fingerprint density at radius 1 is 1.22 bits per heavy atom. The lowest BCUT2D eigenvalue weighted by Gasteiger charge is -2.38. The van der Waals surface area contributed by atoms with E-state index in [4.69, 9.17) is 4.74 Å². The van der Waals surface area contributed by atoms with Crippen LogP contribution in [0.2, 0.25) is 0 Å². The van der Waals surface area contributed by atoms with Gasteiger partial charge in [-0.1, -0.05) is 30.7 Å². The Hall–Kier alpha value is -3.74. The lowest BCUT2D eigenvalue weighted by Crippen LogP contribution is -2.50. The number of para-hydroxylation sites is 1. The van der Waals surface area contributed by atoms with Gasteiger partial charge in [-0.2, -0.15) is 9.40 Å². The van der Waals surface area contributed by atoms with Crippen molar-refractivity contribution in [3.8, 4) is 5.75 Å². The van der Waals surface area contributed by atoms with Crippen LogP contribution in [0.25, 0.3) is 0 Å². The Labute approximate surface area is 240 Å². The summed E-state index contributed by atoms with van der Waals surface area (Å²) < 4.78 is 36.0. The summed E-state index contributed by atoms with van der Waals surface area (Å²) in [6.45, 7) is 7.23. The molecule has 41 heavy (non-hydrogen) atoms. The third-order valence-corrected chi connectivity index (χ3v) is 9.18. The first-order chi connectivity index (χ1) is 19.3.